The van der Waals surface area contributed by atoms with Crippen molar-refractivity contribution < 1.29 is 9.50 Å². The summed E-state index contributed by atoms with van der Waals surface area (Å²) >= 11 is 11.8. The molecule has 19 heavy (non-hydrogen) atoms. The zero-order chi connectivity index (χ0) is 14.0. The lowest BCUT2D eigenvalue weighted by Crippen LogP contribution is -2.03. The Balaban J connectivity index is 2.16. The molecular weight excluding hydrogens is 290 g/mol. The second kappa shape index (κ2) is 5.63. The van der Waals surface area contributed by atoms with Crippen molar-refractivity contribution in [3.8, 4) is 5.75 Å². The molecule has 0 radical (unpaired) electrons. The molecule has 100 valence electrons. The molecule has 0 fully saturated rings. The molecule has 2 N–H and O–H groups in total. The summed E-state index contributed by atoms with van der Waals surface area (Å²) in [7, 11) is 0. The minimum Gasteiger partial charge on any atom is -0.505 e. The molecule has 1 aromatic heterocycles. The number of nitrogens with zero attached hydrogens (tertiary/aromatic N) is 1. The van der Waals surface area contributed by atoms with E-state index in [4.69, 9.17) is 28.3 Å². The van der Waals surface area contributed by atoms with Gasteiger partial charge in [-0.15, -0.1) is 0 Å². The van der Waals surface area contributed by atoms with Gasteiger partial charge in [0.2, 0.25) is 0 Å². The van der Waals surface area contributed by atoms with Crippen LogP contribution in [0.25, 0.3) is 0 Å². The summed E-state index contributed by atoms with van der Waals surface area (Å²) in [6, 6.07) is 5.88. The SMILES string of the molecule is Cc1cc(Cl)nc(Cl)c1NCc1ccc(O)c(F)c1. The molecule has 0 unspecified atom stereocenters. The first-order valence-electron chi connectivity index (χ1n) is 5.51. The Kier molecular flexibility index (Phi) is 4.12. The van der Waals surface area contributed by atoms with Crippen LogP contribution < -0.4 is 5.32 Å². The summed E-state index contributed by atoms with van der Waals surface area (Å²) in [5.41, 5.74) is 2.18. The van der Waals surface area contributed by atoms with E-state index in [2.05, 4.69) is 10.3 Å². The highest BCUT2D eigenvalue weighted by molar-refractivity contribution is 6.34. The van der Waals surface area contributed by atoms with E-state index in [1.807, 2.05) is 6.92 Å². The fourth-order valence-electron chi connectivity index (χ4n) is 1.66. The predicted octanol–water partition coefficient (Wildman–Crippen LogP) is 4.15. The quantitative estimate of drug-likeness (QED) is 0.837. The molecule has 0 aliphatic heterocycles. The number of phenolic OH excluding ortho intramolecular Hbond substituents is 1. The zero-order valence-electron chi connectivity index (χ0n) is 10.0. The van der Waals surface area contributed by atoms with Gasteiger partial charge in [-0.25, -0.2) is 9.37 Å². The van der Waals surface area contributed by atoms with Crippen LogP contribution in [0.5, 0.6) is 5.75 Å². The molecule has 1 heterocycles. The highest BCUT2D eigenvalue weighted by atomic mass is 35.5. The number of halogens is 3. The Bertz CT molecular complexity index is 597. The lowest BCUT2D eigenvalue weighted by Gasteiger charge is -2.11. The first kappa shape index (κ1) is 13.9. The monoisotopic (exact) mass is 300 g/mol. The maximum Gasteiger partial charge on any atom is 0.165 e. The number of aromatic nitrogens is 1. The molecule has 0 bridgehead atoms. The molecule has 0 spiro atoms. The number of nitrogens with one attached hydrogen (secondary N) is 1. The molecule has 0 saturated heterocycles. The van der Waals surface area contributed by atoms with Gasteiger partial charge >= 0.3 is 0 Å². The van der Waals surface area contributed by atoms with Crippen LogP contribution in [-0.2, 0) is 6.54 Å². The van der Waals surface area contributed by atoms with Gasteiger partial charge < -0.3 is 10.4 Å². The van der Waals surface area contributed by atoms with E-state index in [-0.39, 0.29) is 10.9 Å². The molecule has 0 aliphatic rings. The summed E-state index contributed by atoms with van der Waals surface area (Å²) in [4.78, 5) is 3.93. The number of hydrogen-bond acceptors (Lipinski definition) is 3. The Morgan fingerprint density at radius 3 is 2.68 bits per heavy atom. The first-order valence-corrected chi connectivity index (χ1v) is 6.27. The van der Waals surface area contributed by atoms with Crippen LogP contribution in [0.1, 0.15) is 11.1 Å². The van der Waals surface area contributed by atoms with Crippen molar-refractivity contribution in [3.05, 3.63) is 51.5 Å². The minimum absolute atomic E-state index is 0.268. The van der Waals surface area contributed by atoms with Crippen LogP contribution in [0.4, 0.5) is 10.1 Å². The fraction of sp³-hybridized carbons (Fsp3) is 0.154. The van der Waals surface area contributed by atoms with Crippen LogP contribution in [0.15, 0.2) is 24.3 Å². The van der Waals surface area contributed by atoms with Crippen LogP contribution in [0, 0.1) is 12.7 Å². The lowest BCUT2D eigenvalue weighted by molar-refractivity contribution is 0.432. The van der Waals surface area contributed by atoms with Gasteiger partial charge in [-0.3, -0.25) is 0 Å². The third-order valence-electron chi connectivity index (χ3n) is 2.62. The highest BCUT2D eigenvalue weighted by Crippen LogP contribution is 2.27. The Morgan fingerprint density at radius 2 is 2.05 bits per heavy atom. The van der Waals surface area contributed by atoms with Crippen molar-refractivity contribution in [2.45, 2.75) is 13.5 Å². The normalized spacial score (nSPS) is 10.5. The first-order chi connectivity index (χ1) is 8.97. The molecule has 0 aliphatic carbocycles. The van der Waals surface area contributed by atoms with E-state index in [1.54, 1.807) is 12.1 Å². The Labute approximate surface area is 120 Å². The van der Waals surface area contributed by atoms with Crippen molar-refractivity contribution in [1.29, 1.82) is 0 Å². The second-order valence-electron chi connectivity index (χ2n) is 4.07. The standard InChI is InChI=1S/C13H11Cl2FN2O/c1-7-4-11(14)18-13(15)12(7)17-6-8-2-3-10(19)9(16)5-8/h2-5,17,19H,6H2,1H3. The molecular formula is C13H11Cl2FN2O. The van der Waals surface area contributed by atoms with E-state index in [9.17, 15) is 4.39 Å². The summed E-state index contributed by atoms with van der Waals surface area (Å²) < 4.78 is 13.2. The Hall–Kier alpha value is -1.52. The number of aryl methyl sites for hydroxylation is 1. The van der Waals surface area contributed by atoms with Crippen LogP contribution in [0.3, 0.4) is 0 Å². The van der Waals surface area contributed by atoms with Crippen LogP contribution >= 0.6 is 23.2 Å². The third-order valence-corrected chi connectivity index (χ3v) is 3.09. The number of phenols is 1. The summed E-state index contributed by atoms with van der Waals surface area (Å²) in [5, 5.41) is 12.8. The average molecular weight is 301 g/mol. The maximum atomic E-state index is 13.2. The van der Waals surface area contributed by atoms with Gasteiger partial charge in [0, 0.05) is 6.54 Å². The van der Waals surface area contributed by atoms with Gasteiger partial charge in [0.05, 0.1) is 5.69 Å². The van der Waals surface area contributed by atoms with E-state index in [0.29, 0.717) is 22.9 Å². The van der Waals surface area contributed by atoms with Crippen molar-refractivity contribution in [2.24, 2.45) is 0 Å². The van der Waals surface area contributed by atoms with E-state index < -0.39 is 5.82 Å². The molecule has 0 saturated carbocycles. The topological polar surface area (TPSA) is 45.2 Å². The van der Waals surface area contributed by atoms with Crippen LogP contribution in [0.2, 0.25) is 10.3 Å². The zero-order valence-corrected chi connectivity index (χ0v) is 11.6. The summed E-state index contributed by atoms with van der Waals surface area (Å²) in [5.74, 6) is -1.03. The lowest BCUT2D eigenvalue weighted by atomic mass is 10.2. The van der Waals surface area contributed by atoms with Gasteiger partial charge in [-0.1, -0.05) is 29.3 Å². The third kappa shape index (κ3) is 3.28. The number of anilines is 1. The Morgan fingerprint density at radius 1 is 1.32 bits per heavy atom. The van der Waals surface area contributed by atoms with Crippen molar-refractivity contribution >= 4 is 28.9 Å². The number of hydrogen-bond donors (Lipinski definition) is 2. The van der Waals surface area contributed by atoms with E-state index >= 15 is 0 Å². The highest BCUT2D eigenvalue weighted by Gasteiger charge is 2.08. The van der Waals surface area contributed by atoms with Crippen molar-refractivity contribution in [2.75, 3.05) is 5.32 Å². The molecule has 0 atom stereocenters. The van der Waals surface area contributed by atoms with Gasteiger partial charge in [0.25, 0.3) is 0 Å². The fourth-order valence-corrected chi connectivity index (χ4v) is 2.26. The van der Waals surface area contributed by atoms with Gasteiger partial charge in [-0.05, 0) is 36.2 Å². The molecule has 2 rings (SSSR count). The molecule has 3 nitrogen and oxygen atoms in total. The van der Waals surface area contributed by atoms with Crippen LogP contribution in [-0.4, -0.2) is 10.1 Å². The maximum absolute atomic E-state index is 13.2. The predicted molar refractivity (Wildman–Crippen MR) is 74.4 cm³/mol. The van der Waals surface area contributed by atoms with Gasteiger partial charge in [-0.2, -0.15) is 0 Å². The van der Waals surface area contributed by atoms with Gasteiger partial charge in [0.15, 0.2) is 16.7 Å². The summed E-state index contributed by atoms with van der Waals surface area (Å²) in [6.45, 7) is 2.21. The average Bonchev–Trinajstić information content (AvgIpc) is 2.32. The summed E-state index contributed by atoms with van der Waals surface area (Å²) in [6.07, 6.45) is 0. The number of benzene rings is 1. The number of pyridine rings is 1. The number of rotatable bonds is 3. The van der Waals surface area contributed by atoms with Crippen molar-refractivity contribution in [3.63, 3.8) is 0 Å². The molecule has 1 aromatic carbocycles. The molecule has 0 amide bonds. The molecule has 6 heteroatoms. The van der Waals surface area contributed by atoms with E-state index in [1.165, 1.54) is 12.1 Å². The largest absolute Gasteiger partial charge is 0.505 e. The van der Waals surface area contributed by atoms with Gasteiger partial charge in [0.1, 0.15) is 5.15 Å². The smallest absolute Gasteiger partial charge is 0.165 e. The second-order valence-corrected chi connectivity index (χ2v) is 4.81. The van der Waals surface area contributed by atoms with Crippen molar-refractivity contribution in [1.82, 2.24) is 4.98 Å². The molecule has 2 aromatic rings. The number of aromatic hydroxyl groups is 1. The minimum atomic E-state index is -0.656. The van der Waals surface area contributed by atoms with E-state index in [0.717, 1.165) is 5.56 Å².